The fraction of sp³-hybridized carbons (Fsp3) is 0.273. The molecule has 1 aromatic heterocycles. The van der Waals surface area contributed by atoms with E-state index >= 15 is 0 Å². The minimum absolute atomic E-state index is 0.0679. The van der Waals surface area contributed by atoms with Crippen molar-refractivity contribution in [1.82, 2.24) is 15.1 Å². The number of rotatable bonds is 3. The van der Waals surface area contributed by atoms with Gasteiger partial charge >= 0.3 is 0 Å². The Balaban J connectivity index is 2.43. The average Bonchev–Trinajstić information content (AvgIpc) is 2.62. The summed E-state index contributed by atoms with van der Waals surface area (Å²) in [6, 6.07) is 7.46. The van der Waals surface area contributed by atoms with Crippen molar-refractivity contribution in [3.8, 4) is 0 Å². The molecule has 0 aliphatic carbocycles. The molecule has 0 unspecified atom stereocenters. The van der Waals surface area contributed by atoms with Crippen molar-refractivity contribution in [2.45, 2.75) is 0 Å². The summed E-state index contributed by atoms with van der Waals surface area (Å²) in [5, 5.41) is 16.3. The van der Waals surface area contributed by atoms with E-state index in [0.717, 1.165) is 10.9 Å². The lowest BCUT2D eigenvalue weighted by atomic mass is 10.2. The number of carbonyl (C=O) groups is 1. The molecule has 0 radical (unpaired) electrons. The summed E-state index contributed by atoms with van der Waals surface area (Å²) >= 11 is 0. The van der Waals surface area contributed by atoms with Crippen molar-refractivity contribution in [1.29, 1.82) is 0 Å². The molecular weight excluding hydrogens is 206 g/mol. The number of aliphatic hydroxyl groups excluding tert-OH is 1. The lowest BCUT2D eigenvalue weighted by Gasteiger charge is -2.03. The molecule has 2 rings (SSSR count). The summed E-state index contributed by atoms with van der Waals surface area (Å²) in [6.07, 6.45) is 0. The number of aliphatic hydroxyl groups is 1. The second-order valence-corrected chi connectivity index (χ2v) is 3.47. The van der Waals surface area contributed by atoms with E-state index in [1.165, 1.54) is 0 Å². The molecule has 1 aromatic carbocycles. The Bertz CT molecular complexity index is 519. The van der Waals surface area contributed by atoms with E-state index in [1.54, 1.807) is 11.7 Å². The molecular formula is C11H13N3O2. The van der Waals surface area contributed by atoms with Crippen LogP contribution >= 0.6 is 0 Å². The van der Waals surface area contributed by atoms with E-state index in [-0.39, 0.29) is 19.1 Å². The maximum atomic E-state index is 11.8. The highest BCUT2D eigenvalue weighted by Gasteiger charge is 2.15. The summed E-state index contributed by atoms with van der Waals surface area (Å²) in [7, 11) is 1.73. The SMILES string of the molecule is Cn1nc2ccccc2c1C(=O)NCCO. The van der Waals surface area contributed by atoms with Crippen molar-refractivity contribution in [2.24, 2.45) is 7.05 Å². The highest BCUT2D eigenvalue weighted by molar-refractivity contribution is 6.04. The van der Waals surface area contributed by atoms with Gasteiger partial charge in [0.05, 0.1) is 12.1 Å². The number of aryl methyl sites for hydroxylation is 1. The van der Waals surface area contributed by atoms with Gasteiger partial charge in [0.1, 0.15) is 5.69 Å². The summed E-state index contributed by atoms with van der Waals surface area (Å²) < 4.78 is 1.55. The highest BCUT2D eigenvalue weighted by Crippen LogP contribution is 2.16. The molecule has 0 bridgehead atoms. The predicted octanol–water partition coefficient (Wildman–Crippen LogP) is 0.295. The lowest BCUT2D eigenvalue weighted by Crippen LogP contribution is -2.28. The largest absolute Gasteiger partial charge is 0.395 e. The van der Waals surface area contributed by atoms with Gasteiger partial charge in [-0.05, 0) is 6.07 Å². The molecule has 0 fully saturated rings. The van der Waals surface area contributed by atoms with Crippen LogP contribution in [0, 0.1) is 0 Å². The van der Waals surface area contributed by atoms with Crippen molar-refractivity contribution < 1.29 is 9.90 Å². The van der Waals surface area contributed by atoms with Crippen molar-refractivity contribution in [3.63, 3.8) is 0 Å². The maximum absolute atomic E-state index is 11.8. The fourth-order valence-electron chi connectivity index (χ4n) is 1.67. The molecule has 0 spiro atoms. The second kappa shape index (κ2) is 4.32. The normalized spacial score (nSPS) is 10.6. The predicted molar refractivity (Wildman–Crippen MR) is 60.1 cm³/mol. The smallest absolute Gasteiger partial charge is 0.270 e. The Hall–Kier alpha value is -1.88. The Morgan fingerprint density at radius 2 is 2.25 bits per heavy atom. The van der Waals surface area contributed by atoms with Gasteiger partial charge in [0.2, 0.25) is 0 Å². The first-order chi connectivity index (χ1) is 7.74. The lowest BCUT2D eigenvalue weighted by molar-refractivity contribution is 0.0937. The van der Waals surface area contributed by atoms with Crippen LogP contribution < -0.4 is 5.32 Å². The maximum Gasteiger partial charge on any atom is 0.270 e. The van der Waals surface area contributed by atoms with Crippen LogP contribution in [0.25, 0.3) is 10.9 Å². The Morgan fingerprint density at radius 3 is 3.00 bits per heavy atom. The van der Waals surface area contributed by atoms with Gasteiger partial charge in [-0.1, -0.05) is 18.2 Å². The van der Waals surface area contributed by atoms with Crippen LogP contribution in [0.4, 0.5) is 0 Å². The molecule has 1 heterocycles. The average molecular weight is 219 g/mol. The van der Waals surface area contributed by atoms with Crippen LogP contribution in [0.15, 0.2) is 24.3 Å². The van der Waals surface area contributed by atoms with Crippen molar-refractivity contribution in [3.05, 3.63) is 30.0 Å². The van der Waals surface area contributed by atoms with Gasteiger partial charge in [-0.2, -0.15) is 5.10 Å². The zero-order chi connectivity index (χ0) is 11.5. The molecule has 1 amide bonds. The summed E-state index contributed by atoms with van der Waals surface area (Å²) in [6.45, 7) is 0.180. The highest BCUT2D eigenvalue weighted by atomic mass is 16.3. The fourth-order valence-corrected chi connectivity index (χ4v) is 1.67. The zero-order valence-electron chi connectivity index (χ0n) is 8.97. The first-order valence-electron chi connectivity index (χ1n) is 5.05. The summed E-state index contributed by atoms with van der Waals surface area (Å²) in [5.74, 6) is -0.217. The minimum atomic E-state index is -0.217. The number of nitrogens with one attached hydrogen (secondary N) is 1. The van der Waals surface area contributed by atoms with Crippen LogP contribution in [0.2, 0.25) is 0 Å². The second-order valence-electron chi connectivity index (χ2n) is 3.47. The van der Waals surface area contributed by atoms with E-state index in [0.29, 0.717) is 5.69 Å². The molecule has 0 saturated carbocycles. The molecule has 84 valence electrons. The monoisotopic (exact) mass is 219 g/mol. The van der Waals surface area contributed by atoms with Gasteiger partial charge < -0.3 is 10.4 Å². The van der Waals surface area contributed by atoms with E-state index in [2.05, 4.69) is 10.4 Å². The van der Waals surface area contributed by atoms with E-state index in [4.69, 9.17) is 5.11 Å². The van der Waals surface area contributed by atoms with Gasteiger partial charge in [-0.15, -0.1) is 0 Å². The number of carbonyl (C=O) groups excluding carboxylic acids is 1. The van der Waals surface area contributed by atoms with Gasteiger partial charge in [-0.25, -0.2) is 0 Å². The zero-order valence-corrected chi connectivity index (χ0v) is 8.97. The van der Waals surface area contributed by atoms with Crippen LogP contribution in [-0.4, -0.2) is 33.9 Å². The molecule has 5 heteroatoms. The number of fused-ring (bicyclic) bond motifs is 1. The number of nitrogens with zero attached hydrogens (tertiary/aromatic N) is 2. The minimum Gasteiger partial charge on any atom is -0.395 e. The third kappa shape index (κ3) is 1.77. The van der Waals surface area contributed by atoms with E-state index in [1.807, 2.05) is 24.3 Å². The quantitative estimate of drug-likeness (QED) is 0.780. The number of hydrogen-bond donors (Lipinski definition) is 2. The molecule has 0 saturated heterocycles. The topological polar surface area (TPSA) is 67.2 Å². The van der Waals surface area contributed by atoms with Gasteiger partial charge in [-0.3, -0.25) is 9.48 Å². The summed E-state index contributed by atoms with van der Waals surface area (Å²) in [4.78, 5) is 11.8. The number of benzene rings is 1. The molecule has 5 nitrogen and oxygen atoms in total. The van der Waals surface area contributed by atoms with Crippen LogP contribution in [0.5, 0.6) is 0 Å². The molecule has 2 aromatic rings. The Labute approximate surface area is 92.7 Å². The van der Waals surface area contributed by atoms with Crippen LogP contribution in [0.3, 0.4) is 0 Å². The van der Waals surface area contributed by atoms with Gasteiger partial charge in [0, 0.05) is 19.0 Å². The number of hydrogen-bond acceptors (Lipinski definition) is 3. The standard InChI is InChI=1S/C11H13N3O2/c1-14-10(11(16)12-6-7-15)8-4-2-3-5-9(8)13-14/h2-5,15H,6-7H2,1H3,(H,12,16). The molecule has 2 N–H and O–H groups in total. The third-order valence-electron chi connectivity index (χ3n) is 2.35. The Kier molecular flexibility index (Phi) is 2.87. The molecule has 0 aliphatic rings. The first-order valence-corrected chi connectivity index (χ1v) is 5.05. The van der Waals surface area contributed by atoms with Crippen LogP contribution in [-0.2, 0) is 7.05 Å². The first kappa shape index (κ1) is 10.6. The molecule has 16 heavy (non-hydrogen) atoms. The number of amides is 1. The van der Waals surface area contributed by atoms with Gasteiger partial charge in [0.25, 0.3) is 5.91 Å². The third-order valence-corrected chi connectivity index (χ3v) is 2.35. The molecule has 0 atom stereocenters. The van der Waals surface area contributed by atoms with Crippen molar-refractivity contribution in [2.75, 3.05) is 13.2 Å². The Morgan fingerprint density at radius 1 is 1.50 bits per heavy atom. The molecule has 0 aliphatic heterocycles. The van der Waals surface area contributed by atoms with E-state index in [9.17, 15) is 4.79 Å². The van der Waals surface area contributed by atoms with Gasteiger partial charge in [0.15, 0.2) is 0 Å². The van der Waals surface area contributed by atoms with E-state index < -0.39 is 0 Å². The van der Waals surface area contributed by atoms with Crippen LogP contribution in [0.1, 0.15) is 10.5 Å². The summed E-state index contributed by atoms with van der Waals surface area (Å²) in [5.41, 5.74) is 1.31. The number of aromatic nitrogens is 2. The van der Waals surface area contributed by atoms with Crippen molar-refractivity contribution >= 4 is 16.8 Å².